The minimum Gasteiger partial charge on any atom is -0.481 e. The van der Waals surface area contributed by atoms with Gasteiger partial charge in [0.25, 0.3) is 0 Å². The molecule has 0 aromatic heterocycles. The molecule has 1 amide bonds. The quantitative estimate of drug-likeness (QED) is 0.232. The number of hydrogen-bond acceptors (Lipinski definition) is 4. The van der Waals surface area contributed by atoms with E-state index >= 15 is 0 Å². The van der Waals surface area contributed by atoms with Gasteiger partial charge in [-0.1, -0.05) is 48.8 Å². The number of rotatable bonds is 15. The second-order valence-corrected chi connectivity index (χ2v) is 9.89. The van der Waals surface area contributed by atoms with Crippen LogP contribution in [-0.4, -0.2) is 45.6 Å². The predicted octanol–water partition coefficient (Wildman–Crippen LogP) is 5.21. The van der Waals surface area contributed by atoms with Gasteiger partial charge < -0.3 is 15.5 Å². The number of carboxylic acids is 2. The Morgan fingerprint density at radius 1 is 0.935 bits per heavy atom. The van der Waals surface area contributed by atoms with Crippen molar-refractivity contribution in [1.29, 1.82) is 0 Å². The number of carboxylic acid groups (broad SMARTS) is 2. The van der Waals surface area contributed by atoms with Gasteiger partial charge in [0, 0.05) is 11.5 Å². The first-order valence-corrected chi connectivity index (χ1v) is 11.8. The first-order valence-electron chi connectivity index (χ1n) is 10.6. The topological polar surface area (TPSA) is 104 Å². The molecule has 1 atom stereocenters. The molecule has 0 aliphatic carbocycles. The molecule has 0 saturated heterocycles. The normalized spacial score (nSPS) is 13.5. The standard InChI is InChI=1S/C24H39NO5S/c1-17(2)9-7-10-18(3)11-8-12-19(4)13-14-31-16-20(22(28)29)25-23(30)24(5,6)15-21(26)27/h9,11,13,20H,7-8,10,12,14-16H2,1-6H3,(H,25,30)(H,26,27)(H,28,29)/t20-/m0/s1. The number of aliphatic carboxylic acids is 2. The smallest absolute Gasteiger partial charge is 0.327 e. The van der Waals surface area contributed by atoms with Crippen LogP contribution in [0.4, 0.5) is 0 Å². The minimum atomic E-state index is -1.17. The van der Waals surface area contributed by atoms with Crippen LogP contribution in [0.25, 0.3) is 0 Å². The Balaban J connectivity index is 4.44. The maximum Gasteiger partial charge on any atom is 0.327 e. The number of carbonyl (C=O) groups excluding carboxylic acids is 1. The number of nitrogens with one attached hydrogen (secondary N) is 1. The minimum absolute atomic E-state index is 0.220. The van der Waals surface area contributed by atoms with E-state index in [1.165, 1.54) is 42.3 Å². The van der Waals surface area contributed by atoms with Crippen molar-refractivity contribution in [1.82, 2.24) is 5.32 Å². The van der Waals surface area contributed by atoms with E-state index in [1.807, 2.05) is 0 Å². The summed E-state index contributed by atoms with van der Waals surface area (Å²) in [6.45, 7) is 11.4. The van der Waals surface area contributed by atoms with Crippen molar-refractivity contribution in [2.45, 2.75) is 79.7 Å². The van der Waals surface area contributed by atoms with Crippen LogP contribution in [0.15, 0.2) is 34.9 Å². The van der Waals surface area contributed by atoms with Crippen LogP contribution in [0.3, 0.4) is 0 Å². The summed E-state index contributed by atoms with van der Waals surface area (Å²) in [7, 11) is 0. The first-order chi connectivity index (χ1) is 14.3. The van der Waals surface area contributed by atoms with E-state index in [1.54, 1.807) is 0 Å². The van der Waals surface area contributed by atoms with Crippen molar-refractivity contribution in [2.75, 3.05) is 11.5 Å². The fraction of sp³-hybridized carbons (Fsp3) is 0.625. The molecular formula is C24H39NO5S. The van der Waals surface area contributed by atoms with E-state index in [-0.39, 0.29) is 12.2 Å². The molecule has 0 aromatic rings. The number of amides is 1. The zero-order valence-corrected chi connectivity index (χ0v) is 20.6. The summed E-state index contributed by atoms with van der Waals surface area (Å²) < 4.78 is 0. The van der Waals surface area contributed by atoms with Gasteiger partial charge in [0.1, 0.15) is 6.04 Å². The van der Waals surface area contributed by atoms with E-state index in [0.29, 0.717) is 5.75 Å². The van der Waals surface area contributed by atoms with E-state index in [9.17, 15) is 19.5 Å². The average molecular weight is 454 g/mol. The third-order valence-electron chi connectivity index (χ3n) is 4.77. The van der Waals surface area contributed by atoms with Crippen LogP contribution in [-0.2, 0) is 14.4 Å². The van der Waals surface area contributed by atoms with Gasteiger partial charge in [-0.2, -0.15) is 11.8 Å². The molecule has 0 heterocycles. The lowest BCUT2D eigenvalue weighted by Crippen LogP contribution is -2.48. The molecular weight excluding hydrogens is 414 g/mol. The van der Waals surface area contributed by atoms with Crippen LogP contribution < -0.4 is 5.32 Å². The zero-order valence-electron chi connectivity index (χ0n) is 19.8. The molecule has 6 nitrogen and oxygen atoms in total. The molecule has 0 aliphatic heterocycles. The highest BCUT2D eigenvalue weighted by molar-refractivity contribution is 7.99. The monoisotopic (exact) mass is 453 g/mol. The van der Waals surface area contributed by atoms with Gasteiger partial charge in [0.15, 0.2) is 0 Å². The summed E-state index contributed by atoms with van der Waals surface area (Å²) in [6, 6.07) is -1.05. The number of hydrogen-bond donors (Lipinski definition) is 3. The molecule has 3 N–H and O–H groups in total. The molecule has 0 aromatic carbocycles. The summed E-state index contributed by atoms with van der Waals surface area (Å²) in [5.41, 5.74) is 2.82. The van der Waals surface area contributed by atoms with Gasteiger partial charge in [-0.25, -0.2) is 4.79 Å². The van der Waals surface area contributed by atoms with E-state index in [2.05, 4.69) is 51.2 Å². The van der Waals surface area contributed by atoms with Gasteiger partial charge in [-0.3, -0.25) is 9.59 Å². The highest BCUT2D eigenvalue weighted by Gasteiger charge is 2.33. The van der Waals surface area contributed by atoms with E-state index in [0.717, 1.165) is 25.7 Å². The SMILES string of the molecule is CC(C)=CCCC(C)=CCCC(C)=CCSC[C@H](NC(=O)C(C)(C)CC(=O)O)C(=O)O. The van der Waals surface area contributed by atoms with E-state index in [4.69, 9.17) is 5.11 Å². The second kappa shape index (κ2) is 14.9. The summed E-state index contributed by atoms with van der Waals surface area (Å²) in [6.07, 6.45) is 10.4. The molecule has 0 bridgehead atoms. The van der Waals surface area contributed by atoms with Crippen molar-refractivity contribution in [3.63, 3.8) is 0 Å². The Labute approximate surface area is 191 Å². The number of carbonyl (C=O) groups is 3. The van der Waals surface area contributed by atoms with Crippen molar-refractivity contribution < 1.29 is 24.6 Å². The van der Waals surface area contributed by atoms with Gasteiger partial charge in [0.05, 0.1) is 11.8 Å². The molecule has 31 heavy (non-hydrogen) atoms. The molecule has 0 fully saturated rings. The Bertz CT molecular complexity index is 703. The lowest BCUT2D eigenvalue weighted by Gasteiger charge is -2.24. The number of allylic oxidation sites excluding steroid dienone is 5. The fourth-order valence-electron chi connectivity index (χ4n) is 2.71. The van der Waals surface area contributed by atoms with Crippen molar-refractivity contribution in [3.8, 4) is 0 Å². The van der Waals surface area contributed by atoms with Gasteiger partial charge in [0.2, 0.25) is 5.91 Å². The van der Waals surface area contributed by atoms with Gasteiger partial charge >= 0.3 is 11.9 Å². The third kappa shape index (κ3) is 14.6. The highest BCUT2D eigenvalue weighted by Crippen LogP contribution is 2.21. The molecule has 0 aliphatic rings. The van der Waals surface area contributed by atoms with Crippen molar-refractivity contribution in [2.24, 2.45) is 5.41 Å². The second-order valence-electron chi connectivity index (χ2n) is 8.82. The lowest BCUT2D eigenvalue weighted by molar-refractivity contribution is -0.146. The molecule has 7 heteroatoms. The van der Waals surface area contributed by atoms with Crippen LogP contribution in [0.5, 0.6) is 0 Å². The van der Waals surface area contributed by atoms with Crippen LogP contribution >= 0.6 is 11.8 Å². The third-order valence-corrected chi connectivity index (χ3v) is 5.74. The molecule has 0 unspecified atom stereocenters. The molecule has 0 spiro atoms. The van der Waals surface area contributed by atoms with Crippen LogP contribution in [0.2, 0.25) is 0 Å². The molecule has 0 saturated carbocycles. The Morgan fingerprint density at radius 3 is 2.00 bits per heavy atom. The summed E-state index contributed by atoms with van der Waals surface area (Å²) in [4.78, 5) is 34.6. The summed E-state index contributed by atoms with van der Waals surface area (Å²) in [5, 5.41) is 20.7. The van der Waals surface area contributed by atoms with Crippen LogP contribution in [0.1, 0.15) is 73.6 Å². The Morgan fingerprint density at radius 2 is 1.48 bits per heavy atom. The predicted molar refractivity (Wildman–Crippen MR) is 128 cm³/mol. The fourth-order valence-corrected chi connectivity index (χ4v) is 3.71. The van der Waals surface area contributed by atoms with Crippen LogP contribution in [0, 0.1) is 5.41 Å². The zero-order chi connectivity index (χ0) is 24.0. The highest BCUT2D eigenvalue weighted by atomic mass is 32.2. The molecule has 0 rings (SSSR count). The average Bonchev–Trinajstić information content (AvgIpc) is 2.62. The summed E-state index contributed by atoms with van der Waals surface area (Å²) >= 11 is 1.43. The Hall–Kier alpha value is -2.02. The number of thioether (sulfide) groups is 1. The van der Waals surface area contributed by atoms with Crippen molar-refractivity contribution in [3.05, 3.63) is 34.9 Å². The maximum atomic E-state index is 12.3. The molecule has 0 radical (unpaired) electrons. The summed E-state index contributed by atoms with van der Waals surface area (Å²) in [5.74, 6) is -1.91. The first kappa shape index (κ1) is 29.0. The lowest BCUT2D eigenvalue weighted by atomic mass is 9.88. The largest absolute Gasteiger partial charge is 0.481 e. The Kier molecular flexibility index (Phi) is 13.9. The molecule has 176 valence electrons. The van der Waals surface area contributed by atoms with E-state index < -0.39 is 29.3 Å². The van der Waals surface area contributed by atoms with Gasteiger partial charge in [-0.05, 0) is 53.4 Å². The maximum absolute atomic E-state index is 12.3. The van der Waals surface area contributed by atoms with Gasteiger partial charge in [-0.15, -0.1) is 0 Å². The van der Waals surface area contributed by atoms with Crippen molar-refractivity contribution >= 4 is 29.6 Å².